The summed E-state index contributed by atoms with van der Waals surface area (Å²) in [5.74, 6) is 0.170. The van der Waals surface area contributed by atoms with Gasteiger partial charge in [0.2, 0.25) is 0 Å². The Morgan fingerprint density at radius 1 is 1.26 bits per heavy atom. The van der Waals surface area contributed by atoms with E-state index in [9.17, 15) is 4.79 Å². The Kier molecular flexibility index (Phi) is 4.63. The number of hydrogen-bond acceptors (Lipinski definition) is 3. The molecular weight excluding hydrogens is 236 g/mol. The molecule has 0 aliphatic heterocycles. The number of hydrogen-bond donors (Lipinski definition) is 1. The third-order valence-corrected chi connectivity index (χ3v) is 3.18. The molecule has 2 aromatic rings. The van der Waals surface area contributed by atoms with Crippen molar-refractivity contribution in [2.24, 2.45) is 5.73 Å². The van der Waals surface area contributed by atoms with E-state index >= 15 is 0 Å². The van der Waals surface area contributed by atoms with Crippen LogP contribution in [0.4, 0.5) is 0 Å². The number of ketones is 1. The molecule has 0 spiro atoms. The molecule has 2 N–H and O–H groups in total. The predicted octanol–water partition coefficient (Wildman–Crippen LogP) is 2.86. The van der Waals surface area contributed by atoms with E-state index in [2.05, 4.69) is 11.9 Å². The molecule has 0 aliphatic carbocycles. The van der Waals surface area contributed by atoms with E-state index in [0.717, 1.165) is 29.4 Å². The number of fused-ring (bicyclic) bond motifs is 1. The normalized spacial score (nSPS) is 12.5. The van der Waals surface area contributed by atoms with Crippen molar-refractivity contribution in [1.82, 2.24) is 4.98 Å². The van der Waals surface area contributed by atoms with Gasteiger partial charge in [0, 0.05) is 30.0 Å². The Hall–Kier alpha value is -1.74. The first-order valence-corrected chi connectivity index (χ1v) is 6.81. The highest BCUT2D eigenvalue weighted by Crippen LogP contribution is 2.13. The monoisotopic (exact) mass is 256 g/mol. The van der Waals surface area contributed by atoms with Gasteiger partial charge >= 0.3 is 0 Å². The van der Waals surface area contributed by atoms with Crippen molar-refractivity contribution >= 4 is 16.7 Å². The van der Waals surface area contributed by atoms with Gasteiger partial charge in [-0.1, -0.05) is 37.6 Å². The highest BCUT2D eigenvalue weighted by molar-refractivity contribution is 5.83. The summed E-state index contributed by atoms with van der Waals surface area (Å²) in [5.41, 5.74) is 7.65. The summed E-state index contributed by atoms with van der Waals surface area (Å²) >= 11 is 0. The fourth-order valence-electron chi connectivity index (χ4n) is 2.25. The zero-order valence-corrected chi connectivity index (χ0v) is 11.3. The Labute approximate surface area is 113 Å². The molecule has 100 valence electrons. The van der Waals surface area contributed by atoms with E-state index in [4.69, 9.17) is 5.73 Å². The zero-order valence-electron chi connectivity index (χ0n) is 11.3. The van der Waals surface area contributed by atoms with E-state index in [-0.39, 0.29) is 11.8 Å². The maximum absolute atomic E-state index is 11.9. The lowest BCUT2D eigenvalue weighted by atomic mass is 10.0. The van der Waals surface area contributed by atoms with Crippen molar-refractivity contribution in [1.29, 1.82) is 0 Å². The fourth-order valence-corrected chi connectivity index (χ4v) is 2.25. The highest BCUT2D eigenvalue weighted by atomic mass is 16.1. The van der Waals surface area contributed by atoms with Crippen LogP contribution in [0.2, 0.25) is 0 Å². The van der Waals surface area contributed by atoms with Crippen LogP contribution in [-0.2, 0) is 11.2 Å². The molecule has 1 aromatic heterocycles. The van der Waals surface area contributed by atoms with Gasteiger partial charge in [0.05, 0.1) is 5.52 Å². The second kappa shape index (κ2) is 6.43. The van der Waals surface area contributed by atoms with Gasteiger partial charge in [0.25, 0.3) is 0 Å². The van der Waals surface area contributed by atoms with Crippen molar-refractivity contribution in [3.05, 3.63) is 42.1 Å². The van der Waals surface area contributed by atoms with Crippen LogP contribution in [0.1, 0.15) is 31.9 Å². The number of nitrogens with two attached hydrogens (primary N) is 1. The first-order valence-electron chi connectivity index (χ1n) is 6.81. The van der Waals surface area contributed by atoms with Crippen molar-refractivity contribution < 1.29 is 4.79 Å². The second-order valence-electron chi connectivity index (χ2n) is 4.96. The van der Waals surface area contributed by atoms with Gasteiger partial charge in [0.1, 0.15) is 5.78 Å². The van der Waals surface area contributed by atoms with Gasteiger partial charge in [-0.25, -0.2) is 0 Å². The minimum absolute atomic E-state index is 0.0158. The number of aromatic nitrogens is 1. The van der Waals surface area contributed by atoms with Crippen LogP contribution in [0.5, 0.6) is 0 Å². The summed E-state index contributed by atoms with van der Waals surface area (Å²) in [6.07, 6.45) is 2.74. The average Bonchev–Trinajstić information content (AvgIpc) is 2.38. The number of carbonyl (C=O) groups is 1. The molecule has 3 heteroatoms. The van der Waals surface area contributed by atoms with Gasteiger partial charge in [-0.15, -0.1) is 0 Å². The number of Topliss-reactive ketones (excluding diaryl/α,β-unsaturated/α-hetero) is 1. The van der Waals surface area contributed by atoms with Crippen LogP contribution < -0.4 is 5.73 Å². The van der Waals surface area contributed by atoms with Gasteiger partial charge in [-0.05, 0) is 18.6 Å². The van der Waals surface area contributed by atoms with E-state index in [1.54, 1.807) is 0 Å². The van der Waals surface area contributed by atoms with Crippen LogP contribution in [0.15, 0.2) is 36.4 Å². The van der Waals surface area contributed by atoms with Crippen molar-refractivity contribution in [2.75, 3.05) is 0 Å². The second-order valence-corrected chi connectivity index (χ2v) is 4.96. The zero-order chi connectivity index (χ0) is 13.7. The molecule has 0 bridgehead atoms. The van der Waals surface area contributed by atoms with Crippen molar-refractivity contribution in [2.45, 2.75) is 38.6 Å². The molecular formula is C16H20N2O. The quantitative estimate of drug-likeness (QED) is 0.864. The molecule has 3 nitrogen and oxygen atoms in total. The molecule has 0 amide bonds. The lowest BCUT2D eigenvalue weighted by molar-refractivity contribution is -0.118. The Bertz CT molecular complexity index is 565. The lowest BCUT2D eigenvalue weighted by Crippen LogP contribution is -2.24. The summed E-state index contributed by atoms with van der Waals surface area (Å²) < 4.78 is 0. The standard InChI is InChI=1S/C16H20N2O/c1-2-5-13(17)10-15(19)11-14-9-8-12-6-3-4-7-16(12)18-14/h3-4,6-9,13H,2,5,10-11,17H2,1H3. The first kappa shape index (κ1) is 13.7. The Balaban J connectivity index is 2.02. The van der Waals surface area contributed by atoms with Gasteiger partial charge < -0.3 is 5.73 Å². The number of benzene rings is 1. The van der Waals surface area contributed by atoms with E-state index < -0.39 is 0 Å². The molecule has 0 saturated carbocycles. The molecule has 2 rings (SSSR count). The molecule has 1 aromatic carbocycles. The Morgan fingerprint density at radius 3 is 2.84 bits per heavy atom. The summed E-state index contributed by atoms with van der Waals surface area (Å²) in [4.78, 5) is 16.4. The SMILES string of the molecule is CCCC(N)CC(=O)Cc1ccc2ccccc2n1. The third-order valence-electron chi connectivity index (χ3n) is 3.18. The molecule has 0 saturated heterocycles. The molecule has 1 heterocycles. The Morgan fingerprint density at radius 2 is 2.05 bits per heavy atom. The van der Waals surface area contributed by atoms with Crippen LogP contribution >= 0.6 is 0 Å². The summed E-state index contributed by atoms with van der Waals surface area (Å²) in [5, 5.41) is 1.10. The predicted molar refractivity (Wildman–Crippen MR) is 78.0 cm³/mol. The first-order chi connectivity index (χ1) is 9.19. The maximum atomic E-state index is 11.9. The van der Waals surface area contributed by atoms with E-state index in [1.165, 1.54) is 0 Å². The smallest absolute Gasteiger partial charge is 0.140 e. The van der Waals surface area contributed by atoms with Crippen LogP contribution in [-0.4, -0.2) is 16.8 Å². The highest BCUT2D eigenvalue weighted by Gasteiger charge is 2.10. The van der Waals surface area contributed by atoms with Crippen molar-refractivity contribution in [3.8, 4) is 0 Å². The minimum Gasteiger partial charge on any atom is -0.327 e. The van der Waals surface area contributed by atoms with Gasteiger partial charge in [-0.3, -0.25) is 9.78 Å². The van der Waals surface area contributed by atoms with Gasteiger partial charge in [0.15, 0.2) is 0 Å². The summed E-state index contributed by atoms with van der Waals surface area (Å²) in [7, 11) is 0. The third kappa shape index (κ3) is 3.86. The van der Waals surface area contributed by atoms with E-state index in [0.29, 0.717) is 12.8 Å². The van der Waals surface area contributed by atoms with Crippen LogP contribution in [0.25, 0.3) is 10.9 Å². The summed E-state index contributed by atoms with van der Waals surface area (Å²) in [6.45, 7) is 2.08. The molecule has 0 radical (unpaired) electrons. The number of nitrogens with zero attached hydrogens (tertiary/aromatic N) is 1. The average molecular weight is 256 g/mol. The molecule has 1 atom stereocenters. The minimum atomic E-state index is -0.0158. The van der Waals surface area contributed by atoms with Crippen LogP contribution in [0, 0.1) is 0 Å². The van der Waals surface area contributed by atoms with E-state index in [1.807, 2.05) is 36.4 Å². The van der Waals surface area contributed by atoms with Crippen molar-refractivity contribution in [3.63, 3.8) is 0 Å². The largest absolute Gasteiger partial charge is 0.327 e. The molecule has 0 fully saturated rings. The number of para-hydroxylation sites is 1. The fraction of sp³-hybridized carbons (Fsp3) is 0.375. The van der Waals surface area contributed by atoms with Gasteiger partial charge in [-0.2, -0.15) is 0 Å². The lowest BCUT2D eigenvalue weighted by Gasteiger charge is -2.09. The topological polar surface area (TPSA) is 56.0 Å². The molecule has 19 heavy (non-hydrogen) atoms. The number of rotatable bonds is 6. The number of pyridine rings is 1. The maximum Gasteiger partial charge on any atom is 0.140 e. The molecule has 0 aliphatic rings. The van der Waals surface area contributed by atoms with Crippen LogP contribution in [0.3, 0.4) is 0 Å². The molecule has 1 unspecified atom stereocenters. The number of carbonyl (C=O) groups excluding carboxylic acids is 1. The summed E-state index contributed by atoms with van der Waals surface area (Å²) in [6, 6.07) is 11.8.